The first kappa shape index (κ1) is 14.8. The van der Waals surface area contributed by atoms with Crippen LogP contribution in [-0.2, 0) is 9.53 Å². The van der Waals surface area contributed by atoms with Crippen LogP contribution < -0.4 is 5.32 Å². The predicted octanol–water partition coefficient (Wildman–Crippen LogP) is 2.54. The summed E-state index contributed by atoms with van der Waals surface area (Å²) in [4.78, 5) is 22.9. The predicted molar refractivity (Wildman–Crippen MR) is 67.4 cm³/mol. The molecule has 0 aromatic heterocycles. The van der Waals surface area contributed by atoms with Gasteiger partial charge in [-0.25, -0.2) is 4.79 Å². The lowest BCUT2D eigenvalue weighted by atomic mass is 9.83. The molecule has 104 valence electrons. The Morgan fingerprint density at radius 3 is 2.44 bits per heavy atom. The highest BCUT2D eigenvalue weighted by Crippen LogP contribution is 2.41. The molecule has 0 radical (unpaired) electrons. The van der Waals surface area contributed by atoms with Gasteiger partial charge >= 0.3 is 12.1 Å². The molecule has 0 heterocycles. The van der Waals surface area contributed by atoms with Crippen molar-refractivity contribution in [3.63, 3.8) is 0 Å². The number of carbonyl (C=O) groups excluding carboxylic acids is 1. The van der Waals surface area contributed by atoms with E-state index in [0.29, 0.717) is 25.7 Å². The third-order valence-corrected chi connectivity index (χ3v) is 3.46. The lowest BCUT2D eigenvalue weighted by molar-refractivity contribution is -0.148. The van der Waals surface area contributed by atoms with Crippen LogP contribution in [-0.4, -0.2) is 28.8 Å². The first-order chi connectivity index (χ1) is 8.18. The van der Waals surface area contributed by atoms with E-state index in [1.54, 1.807) is 20.8 Å². The van der Waals surface area contributed by atoms with E-state index in [2.05, 4.69) is 5.32 Å². The van der Waals surface area contributed by atoms with Gasteiger partial charge in [0.25, 0.3) is 0 Å². The molecule has 0 aromatic carbocycles. The molecule has 1 fully saturated rings. The zero-order chi connectivity index (χ0) is 14.0. The molecule has 1 aliphatic carbocycles. The van der Waals surface area contributed by atoms with E-state index in [1.807, 2.05) is 6.92 Å². The summed E-state index contributed by atoms with van der Waals surface area (Å²) in [5, 5.41) is 12.0. The van der Waals surface area contributed by atoms with E-state index in [-0.39, 0.29) is 6.04 Å². The largest absolute Gasteiger partial charge is 0.481 e. The smallest absolute Gasteiger partial charge is 0.407 e. The molecule has 1 rings (SSSR count). The van der Waals surface area contributed by atoms with Crippen LogP contribution in [0.15, 0.2) is 0 Å². The zero-order valence-corrected chi connectivity index (χ0v) is 11.6. The molecular formula is C13H23NO4. The average molecular weight is 257 g/mol. The summed E-state index contributed by atoms with van der Waals surface area (Å²) >= 11 is 0. The number of alkyl carbamates (subject to hydrolysis) is 1. The molecule has 5 heteroatoms. The molecule has 0 spiro atoms. The SMILES string of the molecule is CCC1(C(=O)O)CC[C@@H](NC(=O)OC(C)(C)C)C1. The van der Waals surface area contributed by atoms with Crippen LogP contribution in [0.25, 0.3) is 0 Å². The molecule has 2 N–H and O–H groups in total. The molecule has 5 nitrogen and oxygen atoms in total. The van der Waals surface area contributed by atoms with Gasteiger partial charge in [0.1, 0.15) is 5.60 Å². The van der Waals surface area contributed by atoms with Gasteiger partial charge in [-0.15, -0.1) is 0 Å². The second-order valence-corrected chi connectivity index (χ2v) is 6.02. The van der Waals surface area contributed by atoms with Crippen LogP contribution in [0, 0.1) is 5.41 Å². The Labute approximate surface area is 108 Å². The van der Waals surface area contributed by atoms with Crippen molar-refractivity contribution in [1.29, 1.82) is 0 Å². The van der Waals surface area contributed by atoms with Crippen LogP contribution in [0.2, 0.25) is 0 Å². The number of hydrogen-bond donors (Lipinski definition) is 2. The van der Waals surface area contributed by atoms with Gasteiger partial charge in [0, 0.05) is 6.04 Å². The van der Waals surface area contributed by atoms with E-state index in [9.17, 15) is 14.7 Å². The molecule has 0 aromatic rings. The van der Waals surface area contributed by atoms with Gasteiger partial charge in [-0.3, -0.25) is 4.79 Å². The highest BCUT2D eigenvalue weighted by molar-refractivity contribution is 5.75. The van der Waals surface area contributed by atoms with Crippen LogP contribution >= 0.6 is 0 Å². The Bertz CT molecular complexity index is 334. The molecule has 1 unspecified atom stereocenters. The molecule has 18 heavy (non-hydrogen) atoms. The number of nitrogens with one attached hydrogen (secondary N) is 1. The number of rotatable bonds is 3. The van der Waals surface area contributed by atoms with Gasteiger partial charge in [-0.2, -0.15) is 0 Å². The minimum atomic E-state index is -0.765. The van der Waals surface area contributed by atoms with E-state index in [4.69, 9.17) is 4.74 Å². The van der Waals surface area contributed by atoms with Crippen molar-refractivity contribution in [3.8, 4) is 0 Å². The number of aliphatic carboxylic acids is 1. The van der Waals surface area contributed by atoms with E-state index < -0.39 is 23.1 Å². The minimum Gasteiger partial charge on any atom is -0.481 e. The number of carbonyl (C=O) groups is 2. The topological polar surface area (TPSA) is 75.6 Å². The summed E-state index contributed by atoms with van der Waals surface area (Å²) in [6.45, 7) is 7.28. The van der Waals surface area contributed by atoms with Crippen molar-refractivity contribution < 1.29 is 19.4 Å². The summed E-state index contributed by atoms with van der Waals surface area (Å²) in [7, 11) is 0. The third kappa shape index (κ3) is 3.62. The van der Waals surface area contributed by atoms with Crippen LogP contribution in [0.3, 0.4) is 0 Å². The fraction of sp³-hybridized carbons (Fsp3) is 0.846. The monoisotopic (exact) mass is 257 g/mol. The molecule has 1 aliphatic rings. The van der Waals surface area contributed by atoms with Crippen molar-refractivity contribution in [2.75, 3.05) is 0 Å². The Kier molecular flexibility index (Phi) is 4.24. The Balaban J connectivity index is 2.53. The summed E-state index contributed by atoms with van der Waals surface area (Å²) in [5.74, 6) is -0.765. The number of carboxylic acid groups (broad SMARTS) is 1. The van der Waals surface area contributed by atoms with E-state index in [1.165, 1.54) is 0 Å². The first-order valence-electron chi connectivity index (χ1n) is 6.41. The number of hydrogen-bond acceptors (Lipinski definition) is 3. The number of carboxylic acids is 1. The van der Waals surface area contributed by atoms with Crippen LogP contribution in [0.4, 0.5) is 4.79 Å². The van der Waals surface area contributed by atoms with E-state index >= 15 is 0 Å². The van der Waals surface area contributed by atoms with Crippen LogP contribution in [0.5, 0.6) is 0 Å². The molecule has 0 saturated heterocycles. The van der Waals surface area contributed by atoms with Gasteiger partial charge in [-0.05, 0) is 46.5 Å². The lowest BCUT2D eigenvalue weighted by Crippen LogP contribution is -2.39. The second-order valence-electron chi connectivity index (χ2n) is 6.02. The van der Waals surface area contributed by atoms with Gasteiger partial charge < -0.3 is 15.2 Å². The highest BCUT2D eigenvalue weighted by atomic mass is 16.6. The van der Waals surface area contributed by atoms with Crippen molar-refractivity contribution >= 4 is 12.1 Å². The normalized spacial score (nSPS) is 27.9. The molecule has 1 amide bonds. The Morgan fingerprint density at radius 2 is 2.06 bits per heavy atom. The fourth-order valence-corrected chi connectivity index (χ4v) is 2.39. The van der Waals surface area contributed by atoms with Gasteiger partial charge in [0.2, 0.25) is 0 Å². The number of ether oxygens (including phenoxy) is 1. The van der Waals surface area contributed by atoms with Gasteiger partial charge in [0.05, 0.1) is 5.41 Å². The maximum absolute atomic E-state index is 11.6. The quantitative estimate of drug-likeness (QED) is 0.814. The molecule has 0 aliphatic heterocycles. The molecule has 0 bridgehead atoms. The second kappa shape index (κ2) is 5.16. The molecular weight excluding hydrogens is 234 g/mol. The summed E-state index contributed by atoms with van der Waals surface area (Å²) in [5.41, 5.74) is -1.21. The van der Waals surface area contributed by atoms with Crippen molar-refractivity contribution in [1.82, 2.24) is 5.32 Å². The van der Waals surface area contributed by atoms with Crippen LogP contribution in [0.1, 0.15) is 53.4 Å². The summed E-state index contributed by atoms with van der Waals surface area (Å²) < 4.78 is 5.16. The highest BCUT2D eigenvalue weighted by Gasteiger charge is 2.44. The fourth-order valence-electron chi connectivity index (χ4n) is 2.39. The Morgan fingerprint density at radius 1 is 1.44 bits per heavy atom. The summed E-state index contributed by atoms with van der Waals surface area (Å²) in [6.07, 6.45) is 1.91. The standard InChI is InChI=1S/C13H23NO4/c1-5-13(10(15)16)7-6-9(8-13)14-11(17)18-12(2,3)4/h9H,5-8H2,1-4H3,(H,14,17)(H,15,16)/t9-,13?/m1/s1. The van der Waals surface area contributed by atoms with Gasteiger partial charge in [0.15, 0.2) is 0 Å². The van der Waals surface area contributed by atoms with Gasteiger partial charge in [-0.1, -0.05) is 6.92 Å². The Hall–Kier alpha value is -1.26. The number of amides is 1. The first-order valence-corrected chi connectivity index (χ1v) is 6.41. The van der Waals surface area contributed by atoms with Crippen molar-refractivity contribution in [2.24, 2.45) is 5.41 Å². The zero-order valence-electron chi connectivity index (χ0n) is 11.6. The van der Waals surface area contributed by atoms with E-state index in [0.717, 1.165) is 0 Å². The maximum Gasteiger partial charge on any atom is 0.407 e. The third-order valence-electron chi connectivity index (χ3n) is 3.46. The average Bonchev–Trinajstić information content (AvgIpc) is 2.59. The lowest BCUT2D eigenvalue weighted by Gasteiger charge is -2.24. The minimum absolute atomic E-state index is 0.101. The van der Waals surface area contributed by atoms with Crippen molar-refractivity contribution in [2.45, 2.75) is 65.0 Å². The summed E-state index contributed by atoms with van der Waals surface area (Å²) in [6, 6.07) is -0.101. The molecule has 1 saturated carbocycles. The maximum atomic E-state index is 11.6. The molecule has 2 atom stereocenters. The van der Waals surface area contributed by atoms with Crippen molar-refractivity contribution in [3.05, 3.63) is 0 Å².